The zero-order valence-corrected chi connectivity index (χ0v) is 11.4. The fourth-order valence-electron chi connectivity index (χ4n) is 2.32. The highest BCUT2D eigenvalue weighted by Gasteiger charge is 2.30. The van der Waals surface area contributed by atoms with Crippen molar-refractivity contribution in [3.63, 3.8) is 0 Å². The Morgan fingerprint density at radius 2 is 2.05 bits per heavy atom. The number of primary amides is 1. The molecule has 0 bridgehead atoms. The molecular formula is C15H22N2O2. The van der Waals surface area contributed by atoms with Gasteiger partial charge in [-0.05, 0) is 36.0 Å². The van der Waals surface area contributed by atoms with E-state index in [0.717, 1.165) is 13.1 Å². The number of benzene rings is 1. The van der Waals surface area contributed by atoms with Gasteiger partial charge in [-0.15, -0.1) is 0 Å². The largest absolute Gasteiger partial charge is 0.484 e. The summed E-state index contributed by atoms with van der Waals surface area (Å²) in [6.07, 6.45) is 4.03. The van der Waals surface area contributed by atoms with E-state index in [1.807, 2.05) is 24.3 Å². The molecule has 0 heterocycles. The molecule has 19 heavy (non-hydrogen) atoms. The highest BCUT2D eigenvalue weighted by Crippen LogP contribution is 2.39. The summed E-state index contributed by atoms with van der Waals surface area (Å²) in [7, 11) is 0. The molecule has 0 aliphatic heterocycles. The van der Waals surface area contributed by atoms with Crippen LogP contribution in [0, 0.1) is 5.41 Å². The molecule has 3 N–H and O–H groups in total. The Kier molecular flexibility index (Phi) is 4.43. The highest BCUT2D eigenvalue weighted by molar-refractivity contribution is 5.75. The summed E-state index contributed by atoms with van der Waals surface area (Å²) in [4.78, 5) is 10.6. The van der Waals surface area contributed by atoms with Crippen LogP contribution in [0.25, 0.3) is 0 Å². The Hall–Kier alpha value is -1.55. The van der Waals surface area contributed by atoms with Crippen molar-refractivity contribution in [1.29, 1.82) is 0 Å². The maximum atomic E-state index is 10.6. The molecule has 1 aliphatic carbocycles. The monoisotopic (exact) mass is 262 g/mol. The second-order valence-corrected chi connectivity index (χ2v) is 5.67. The van der Waals surface area contributed by atoms with Crippen LogP contribution in [0.1, 0.15) is 31.7 Å². The molecule has 1 aromatic rings. The number of nitrogens with one attached hydrogen (secondary N) is 1. The van der Waals surface area contributed by atoms with E-state index in [1.165, 1.54) is 24.8 Å². The summed E-state index contributed by atoms with van der Waals surface area (Å²) in [5.74, 6) is 0.216. The fourth-order valence-corrected chi connectivity index (χ4v) is 2.32. The van der Waals surface area contributed by atoms with Gasteiger partial charge in [0.2, 0.25) is 0 Å². The SMILES string of the molecule is CC1(CNCc2ccc(OCC(N)=O)cc2)CCC1. The predicted molar refractivity (Wildman–Crippen MR) is 74.8 cm³/mol. The standard InChI is InChI=1S/C15H22N2O2/c1-15(7-2-8-15)11-17-9-12-3-5-13(6-4-12)19-10-14(16)18/h3-6,17H,2,7-11H2,1H3,(H2,16,18). The Morgan fingerprint density at radius 1 is 1.37 bits per heavy atom. The number of carbonyl (C=O) groups excluding carboxylic acids is 1. The lowest BCUT2D eigenvalue weighted by molar-refractivity contribution is -0.119. The van der Waals surface area contributed by atoms with E-state index >= 15 is 0 Å². The van der Waals surface area contributed by atoms with E-state index in [4.69, 9.17) is 10.5 Å². The van der Waals surface area contributed by atoms with Gasteiger partial charge < -0.3 is 15.8 Å². The molecule has 1 aromatic carbocycles. The average molecular weight is 262 g/mol. The molecule has 4 heteroatoms. The van der Waals surface area contributed by atoms with Gasteiger partial charge in [-0.25, -0.2) is 0 Å². The van der Waals surface area contributed by atoms with Crippen LogP contribution in [0.3, 0.4) is 0 Å². The van der Waals surface area contributed by atoms with E-state index < -0.39 is 5.91 Å². The van der Waals surface area contributed by atoms with Crippen molar-refractivity contribution >= 4 is 5.91 Å². The van der Waals surface area contributed by atoms with E-state index in [0.29, 0.717) is 11.2 Å². The van der Waals surface area contributed by atoms with Crippen LogP contribution in [0.2, 0.25) is 0 Å². The molecule has 0 unspecified atom stereocenters. The zero-order valence-electron chi connectivity index (χ0n) is 11.4. The minimum Gasteiger partial charge on any atom is -0.484 e. The third-order valence-corrected chi connectivity index (χ3v) is 3.75. The third-order valence-electron chi connectivity index (χ3n) is 3.75. The number of hydrogen-bond donors (Lipinski definition) is 2. The number of amides is 1. The van der Waals surface area contributed by atoms with Crippen LogP contribution in [-0.2, 0) is 11.3 Å². The summed E-state index contributed by atoms with van der Waals surface area (Å²) < 4.78 is 5.21. The third kappa shape index (κ3) is 4.24. The number of ether oxygens (including phenoxy) is 1. The summed E-state index contributed by atoms with van der Waals surface area (Å²) in [5.41, 5.74) is 6.74. The van der Waals surface area contributed by atoms with Gasteiger partial charge in [-0.2, -0.15) is 0 Å². The molecule has 0 spiro atoms. The van der Waals surface area contributed by atoms with Crippen LogP contribution >= 0.6 is 0 Å². The minimum atomic E-state index is -0.459. The van der Waals surface area contributed by atoms with E-state index in [2.05, 4.69) is 12.2 Å². The molecule has 4 nitrogen and oxygen atoms in total. The normalized spacial score (nSPS) is 16.7. The highest BCUT2D eigenvalue weighted by atomic mass is 16.5. The van der Waals surface area contributed by atoms with Gasteiger partial charge in [-0.3, -0.25) is 4.79 Å². The first-order chi connectivity index (χ1) is 9.07. The minimum absolute atomic E-state index is 0.0735. The van der Waals surface area contributed by atoms with Gasteiger partial charge in [0.1, 0.15) is 5.75 Å². The van der Waals surface area contributed by atoms with Crippen LogP contribution in [0.4, 0.5) is 0 Å². The number of carbonyl (C=O) groups is 1. The van der Waals surface area contributed by atoms with Crippen LogP contribution in [0.15, 0.2) is 24.3 Å². The van der Waals surface area contributed by atoms with Gasteiger partial charge in [-0.1, -0.05) is 25.5 Å². The smallest absolute Gasteiger partial charge is 0.255 e. The Balaban J connectivity index is 1.73. The molecule has 0 radical (unpaired) electrons. The molecule has 104 valence electrons. The predicted octanol–water partition coefficient (Wildman–Crippen LogP) is 1.83. The molecule has 1 amide bonds. The van der Waals surface area contributed by atoms with Crippen LogP contribution in [-0.4, -0.2) is 19.1 Å². The lowest BCUT2D eigenvalue weighted by Gasteiger charge is -2.38. The van der Waals surface area contributed by atoms with E-state index in [1.54, 1.807) is 0 Å². The lowest BCUT2D eigenvalue weighted by Crippen LogP contribution is -2.36. The molecule has 0 aromatic heterocycles. The maximum absolute atomic E-state index is 10.6. The summed E-state index contributed by atoms with van der Waals surface area (Å²) in [5, 5.41) is 3.50. The Labute approximate surface area is 114 Å². The molecule has 2 rings (SSSR count). The van der Waals surface area contributed by atoms with Crippen molar-refractivity contribution in [1.82, 2.24) is 5.32 Å². The van der Waals surface area contributed by atoms with Gasteiger partial charge in [0.15, 0.2) is 6.61 Å². The van der Waals surface area contributed by atoms with Crippen LogP contribution in [0.5, 0.6) is 5.75 Å². The topological polar surface area (TPSA) is 64.3 Å². The second kappa shape index (κ2) is 6.06. The van der Waals surface area contributed by atoms with E-state index in [9.17, 15) is 4.79 Å². The van der Waals surface area contributed by atoms with Gasteiger partial charge in [0.05, 0.1) is 0 Å². The van der Waals surface area contributed by atoms with Gasteiger partial charge in [0.25, 0.3) is 5.91 Å². The Bertz CT molecular complexity index is 424. The molecule has 1 fully saturated rings. The zero-order chi connectivity index (χ0) is 13.7. The molecule has 0 saturated heterocycles. The molecule has 1 aliphatic rings. The first-order valence-corrected chi connectivity index (χ1v) is 6.78. The number of rotatable bonds is 7. The van der Waals surface area contributed by atoms with Crippen molar-refractivity contribution in [3.8, 4) is 5.75 Å². The van der Waals surface area contributed by atoms with Crippen LogP contribution < -0.4 is 15.8 Å². The van der Waals surface area contributed by atoms with Gasteiger partial charge >= 0.3 is 0 Å². The van der Waals surface area contributed by atoms with E-state index in [-0.39, 0.29) is 6.61 Å². The Morgan fingerprint density at radius 3 is 2.58 bits per heavy atom. The van der Waals surface area contributed by atoms with Crippen molar-refractivity contribution < 1.29 is 9.53 Å². The second-order valence-electron chi connectivity index (χ2n) is 5.67. The summed E-state index contributed by atoms with van der Waals surface area (Å²) in [6, 6.07) is 7.74. The van der Waals surface area contributed by atoms with Crippen molar-refractivity contribution in [3.05, 3.63) is 29.8 Å². The number of hydrogen-bond acceptors (Lipinski definition) is 3. The summed E-state index contributed by atoms with van der Waals surface area (Å²) in [6.45, 7) is 4.21. The quantitative estimate of drug-likeness (QED) is 0.788. The van der Waals surface area contributed by atoms with Crippen molar-refractivity contribution in [2.75, 3.05) is 13.2 Å². The van der Waals surface area contributed by atoms with Crippen molar-refractivity contribution in [2.45, 2.75) is 32.7 Å². The van der Waals surface area contributed by atoms with Crippen molar-refractivity contribution in [2.24, 2.45) is 11.1 Å². The first-order valence-electron chi connectivity index (χ1n) is 6.78. The van der Waals surface area contributed by atoms with Gasteiger partial charge in [0, 0.05) is 13.1 Å². The average Bonchev–Trinajstić information content (AvgIpc) is 2.36. The maximum Gasteiger partial charge on any atom is 0.255 e. The number of nitrogens with two attached hydrogens (primary N) is 1. The molecule has 1 saturated carbocycles. The molecular weight excluding hydrogens is 240 g/mol. The molecule has 0 atom stereocenters. The first kappa shape index (κ1) is 13.9. The summed E-state index contributed by atoms with van der Waals surface area (Å²) >= 11 is 0. The lowest BCUT2D eigenvalue weighted by atomic mass is 9.70. The fraction of sp³-hybridized carbons (Fsp3) is 0.533.